The molecule has 0 bridgehead atoms. The molecule has 0 aliphatic heterocycles. The molecule has 0 aromatic heterocycles. The highest BCUT2D eigenvalue weighted by atomic mass is 31.3. The zero-order valence-corrected chi connectivity index (χ0v) is 9.43. The van der Waals surface area contributed by atoms with Crippen LogP contribution in [-0.4, -0.2) is 51.2 Å². The third-order valence-corrected chi connectivity index (χ3v) is 3.83. The van der Waals surface area contributed by atoms with Crippen molar-refractivity contribution in [1.29, 1.82) is 0 Å². The van der Waals surface area contributed by atoms with E-state index in [1.54, 1.807) is 0 Å². The average Bonchev–Trinajstić information content (AvgIpc) is 1.78. The number of aliphatic hydroxyl groups is 1. The van der Waals surface area contributed by atoms with Crippen molar-refractivity contribution >= 4 is 15.4 Å². The molecule has 0 rings (SSSR count). The summed E-state index contributed by atoms with van der Waals surface area (Å²) in [5.74, 6) is -1.86. The number of nitrogens with zero attached hydrogens (tertiary/aromatic N) is 1. The minimum Gasteiger partial charge on any atom is -0.379 e. The first-order chi connectivity index (χ1) is 6.04. The van der Waals surface area contributed by atoms with Crippen molar-refractivity contribution in [3.05, 3.63) is 0 Å². The molecule has 0 aromatic carbocycles. The molecule has 0 aromatic rings. The van der Waals surface area contributed by atoms with Gasteiger partial charge in [0.25, 0.3) is 0 Å². The van der Waals surface area contributed by atoms with Gasteiger partial charge in [0.1, 0.15) is 0 Å². The molecule has 0 aliphatic carbocycles. The molecule has 86 valence electrons. The normalized spacial score (nSPS) is 19.4. The Balaban J connectivity index is 4.47. The molecule has 2 atom stereocenters. The van der Waals surface area contributed by atoms with E-state index in [-0.39, 0.29) is 6.54 Å². The van der Waals surface area contributed by atoms with Crippen LogP contribution in [0.5, 0.6) is 0 Å². The second kappa shape index (κ2) is 4.83. The third kappa shape index (κ3) is 5.85. The lowest BCUT2D eigenvalue weighted by Crippen LogP contribution is -2.26. The molecule has 0 heterocycles. The van der Waals surface area contributed by atoms with E-state index in [1.807, 2.05) is 0 Å². The van der Waals surface area contributed by atoms with Gasteiger partial charge in [-0.15, -0.1) is 0 Å². The van der Waals surface area contributed by atoms with E-state index in [4.69, 9.17) is 19.8 Å². The number of rotatable bonds is 5. The lowest BCUT2D eigenvalue weighted by atomic mass is 10.6. The first kappa shape index (κ1) is 14.2. The maximum absolute atomic E-state index is 11.0. The molecule has 14 heavy (non-hydrogen) atoms. The van der Waals surface area contributed by atoms with Gasteiger partial charge in [0.05, 0.1) is 0 Å². The van der Waals surface area contributed by atoms with Gasteiger partial charge in [-0.3, -0.25) is 4.57 Å². The first-order valence-corrected chi connectivity index (χ1v) is 6.64. The molecule has 0 radical (unpaired) electrons. The summed E-state index contributed by atoms with van der Waals surface area (Å²) < 4.78 is 24.9. The quantitative estimate of drug-likeness (QED) is 0.464. The molecule has 0 saturated heterocycles. The molecular weight excluding hydrogens is 236 g/mol. The molecule has 8 nitrogen and oxygen atoms in total. The van der Waals surface area contributed by atoms with Crippen LogP contribution in [-0.2, 0) is 13.4 Å². The molecule has 2 unspecified atom stereocenters. The fraction of sp³-hybridized carbons (Fsp3) is 1.00. The smallest absolute Gasteiger partial charge is 0.379 e. The predicted octanol–water partition coefficient (Wildman–Crippen LogP) is -0.839. The van der Waals surface area contributed by atoms with Crippen LogP contribution in [0.25, 0.3) is 0 Å². The van der Waals surface area contributed by atoms with E-state index < -0.39 is 21.3 Å². The Hall–Kier alpha value is 0.220. The first-order valence-electron chi connectivity index (χ1n) is 3.47. The van der Waals surface area contributed by atoms with Crippen molar-refractivity contribution in [3.8, 4) is 0 Å². The van der Waals surface area contributed by atoms with Gasteiger partial charge in [0.2, 0.25) is 0 Å². The standard InChI is InChI=1S/C4H13NO7P2/c1-5(2)3-4(6)13(7,8)12-14(9,10)11/h4,6H,3H2,1-2H3,(H,7,8)(H2,9,10,11). The van der Waals surface area contributed by atoms with Gasteiger partial charge in [-0.1, -0.05) is 0 Å². The molecule has 0 spiro atoms. The highest BCUT2D eigenvalue weighted by Crippen LogP contribution is 2.59. The van der Waals surface area contributed by atoms with Crippen molar-refractivity contribution in [1.82, 2.24) is 4.90 Å². The van der Waals surface area contributed by atoms with E-state index >= 15 is 0 Å². The van der Waals surface area contributed by atoms with Crippen LogP contribution < -0.4 is 0 Å². The van der Waals surface area contributed by atoms with Gasteiger partial charge in [-0.25, -0.2) is 8.88 Å². The number of likely N-dealkylation sites (N-methyl/N-ethyl adjacent to an activating group) is 1. The summed E-state index contributed by atoms with van der Waals surface area (Å²) in [4.78, 5) is 26.8. The lowest BCUT2D eigenvalue weighted by Gasteiger charge is -2.20. The third-order valence-electron chi connectivity index (χ3n) is 1.13. The summed E-state index contributed by atoms with van der Waals surface area (Å²) >= 11 is 0. The van der Waals surface area contributed by atoms with Crippen molar-refractivity contribution in [3.63, 3.8) is 0 Å². The van der Waals surface area contributed by atoms with Crippen molar-refractivity contribution in [2.45, 2.75) is 5.85 Å². The Morgan fingerprint density at radius 2 is 1.71 bits per heavy atom. The van der Waals surface area contributed by atoms with Gasteiger partial charge in [-0.05, 0) is 14.1 Å². The number of phosphoric acid groups is 1. The fourth-order valence-electron chi connectivity index (χ4n) is 0.637. The van der Waals surface area contributed by atoms with Crippen LogP contribution in [0.1, 0.15) is 0 Å². The second-order valence-electron chi connectivity index (χ2n) is 2.88. The Bertz CT molecular complexity index is 273. The van der Waals surface area contributed by atoms with Gasteiger partial charge >= 0.3 is 15.4 Å². The lowest BCUT2D eigenvalue weighted by molar-refractivity contribution is 0.161. The average molecular weight is 249 g/mol. The van der Waals surface area contributed by atoms with E-state index in [0.717, 1.165) is 0 Å². The summed E-state index contributed by atoms with van der Waals surface area (Å²) in [6.45, 7) is -0.242. The zero-order chi connectivity index (χ0) is 11.6. The van der Waals surface area contributed by atoms with Crippen LogP contribution in [0, 0.1) is 0 Å². The summed E-state index contributed by atoms with van der Waals surface area (Å²) in [7, 11) is -6.76. The second-order valence-corrected chi connectivity index (χ2v) is 6.24. The Kier molecular flexibility index (Phi) is 4.90. The van der Waals surface area contributed by atoms with Crippen LogP contribution in [0.15, 0.2) is 0 Å². The summed E-state index contributed by atoms with van der Waals surface area (Å²) in [6.07, 6.45) is 0. The largest absolute Gasteiger partial charge is 0.476 e. The van der Waals surface area contributed by atoms with Gasteiger partial charge in [0, 0.05) is 6.54 Å². The van der Waals surface area contributed by atoms with E-state index in [2.05, 4.69) is 4.31 Å². The highest BCUT2D eigenvalue weighted by molar-refractivity contribution is 7.63. The zero-order valence-electron chi connectivity index (χ0n) is 7.64. The predicted molar refractivity (Wildman–Crippen MR) is 47.5 cm³/mol. The van der Waals surface area contributed by atoms with Gasteiger partial charge in [-0.2, -0.15) is 0 Å². The van der Waals surface area contributed by atoms with Gasteiger partial charge < -0.3 is 24.7 Å². The Labute approximate surface area is 80.9 Å². The molecule has 0 fully saturated rings. The van der Waals surface area contributed by atoms with Crippen molar-refractivity contribution in [2.24, 2.45) is 0 Å². The summed E-state index contributed by atoms with van der Waals surface area (Å²) in [5.41, 5.74) is 0. The van der Waals surface area contributed by atoms with Gasteiger partial charge in [0.15, 0.2) is 5.85 Å². The molecular formula is C4H13NO7P2. The van der Waals surface area contributed by atoms with Crippen molar-refractivity contribution < 1.29 is 33.2 Å². The van der Waals surface area contributed by atoms with E-state index in [1.165, 1.54) is 19.0 Å². The topological polar surface area (TPSA) is 128 Å². The molecule has 0 saturated carbocycles. The molecule has 0 amide bonds. The fourth-order valence-corrected chi connectivity index (χ4v) is 2.82. The minimum absolute atomic E-state index is 0.242. The minimum atomic E-state index is -5.08. The Morgan fingerprint density at radius 1 is 1.29 bits per heavy atom. The van der Waals surface area contributed by atoms with E-state index in [0.29, 0.717) is 0 Å². The maximum Gasteiger partial charge on any atom is 0.476 e. The summed E-state index contributed by atoms with van der Waals surface area (Å²) in [6, 6.07) is 0. The number of hydrogen-bond donors (Lipinski definition) is 4. The van der Waals surface area contributed by atoms with Crippen LogP contribution >= 0.6 is 15.4 Å². The molecule has 4 N–H and O–H groups in total. The van der Waals surface area contributed by atoms with Crippen LogP contribution in [0.3, 0.4) is 0 Å². The molecule has 10 heteroatoms. The van der Waals surface area contributed by atoms with Crippen LogP contribution in [0.4, 0.5) is 0 Å². The SMILES string of the molecule is CN(C)CC(O)P(=O)(O)OP(=O)(O)O. The van der Waals surface area contributed by atoms with Crippen molar-refractivity contribution in [2.75, 3.05) is 20.6 Å². The molecule has 0 aliphatic rings. The monoisotopic (exact) mass is 249 g/mol. The summed E-state index contributed by atoms with van der Waals surface area (Å²) in [5, 5.41) is 9.09. The Morgan fingerprint density at radius 3 is 2.00 bits per heavy atom. The number of aliphatic hydroxyl groups excluding tert-OH is 1. The maximum atomic E-state index is 11.0. The highest BCUT2D eigenvalue weighted by Gasteiger charge is 2.37. The number of hydrogen-bond acceptors (Lipinski definition) is 5. The van der Waals surface area contributed by atoms with Crippen LogP contribution in [0.2, 0.25) is 0 Å². The van der Waals surface area contributed by atoms with E-state index in [9.17, 15) is 9.13 Å².